The molecule has 3 aromatic carbocycles. The summed E-state index contributed by atoms with van der Waals surface area (Å²) in [5.74, 6) is 0.819. The average molecular weight is 441 g/mol. The Bertz CT molecular complexity index is 1170. The highest BCUT2D eigenvalue weighted by molar-refractivity contribution is 7.92. The van der Waals surface area contributed by atoms with Crippen molar-refractivity contribution in [2.75, 3.05) is 23.8 Å². The zero-order valence-corrected chi connectivity index (χ0v) is 18.3. The number of anilines is 2. The normalized spacial score (nSPS) is 10.9. The Morgan fingerprint density at radius 2 is 1.61 bits per heavy atom. The number of carbonyl (C=O) groups is 1. The summed E-state index contributed by atoms with van der Waals surface area (Å²) in [5, 5.41) is 2.67. The minimum Gasteiger partial charge on any atom is -0.497 e. The molecule has 0 spiro atoms. The average Bonchev–Trinajstić information content (AvgIpc) is 2.74. The molecule has 0 aliphatic rings. The Labute approximate surface area is 182 Å². The summed E-state index contributed by atoms with van der Waals surface area (Å²) in [6.07, 6.45) is 0. The van der Waals surface area contributed by atoms with Crippen LogP contribution in [0.3, 0.4) is 0 Å². The van der Waals surface area contributed by atoms with Gasteiger partial charge in [0.1, 0.15) is 11.5 Å². The molecule has 0 aliphatic carbocycles. The molecule has 0 saturated carbocycles. The van der Waals surface area contributed by atoms with Gasteiger partial charge in [0.2, 0.25) is 0 Å². The van der Waals surface area contributed by atoms with E-state index in [1.807, 2.05) is 25.1 Å². The number of rotatable bonds is 8. The molecule has 0 aliphatic heterocycles. The van der Waals surface area contributed by atoms with Gasteiger partial charge in [-0.2, -0.15) is 0 Å². The number of carbonyl (C=O) groups excluding carboxylic acids is 1. The van der Waals surface area contributed by atoms with Crippen LogP contribution in [0.25, 0.3) is 0 Å². The molecule has 0 radical (unpaired) electrons. The third-order valence-electron chi connectivity index (χ3n) is 4.46. The zero-order valence-electron chi connectivity index (χ0n) is 17.5. The van der Waals surface area contributed by atoms with E-state index in [1.165, 1.54) is 13.2 Å². The summed E-state index contributed by atoms with van der Waals surface area (Å²) in [6.45, 7) is 3.43. The molecular formula is C23H24N2O5S. The van der Waals surface area contributed by atoms with E-state index in [1.54, 1.807) is 49.4 Å². The van der Waals surface area contributed by atoms with Crippen LogP contribution in [0.15, 0.2) is 71.6 Å². The molecule has 162 valence electrons. The first kappa shape index (κ1) is 22.2. The smallest absolute Gasteiger partial charge is 0.262 e. The Balaban J connectivity index is 1.70. The minimum absolute atomic E-state index is 0.0701. The number of aryl methyl sites for hydroxylation is 2. The number of methoxy groups -OCH3 is 1. The van der Waals surface area contributed by atoms with Gasteiger partial charge in [0.15, 0.2) is 6.61 Å². The third-order valence-corrected chi connectivity index (χ3v) is 5.99. The Hall–Kier alpha value is -3.52. The van der Waals surface area contributed by atoms with Gasteiger partial charge in [0.05, 0.1) is 12.0 Å². The van der Waals surface area contributed by atoms with Gasteiger partial charge < -0.3 is 14.8 Å². The maximum atomic E-state index is 12.9. The molecule has 0 heterocycles. The van der Waals surface area contributed by atoms with E-state index in [0.717, 1.165) is 5.56 Å². The standard InChI is InChI=1S/C23H24N2O5S/c1-16-5-4-6-21(13-16)30-15-23(26)24-19-8-7-17(2)22(14-19)31(27,28)25-18-9-11-20(29-3)12-10-18/h4-14,25H,15H2,1-3H3,(H,24,26). The molecule has 7 nitrogen and oxygen atoms in total. The summed E-state index contributed by atoms with van der Waals surface area (Å²) in [5.41, 5.74) is 2.34. The number of nitrogens with one attached hydrogen (secondary N) is 2. The van der Waals surface area contributed by atoms with Crippen LogP contribution in [0.1, 0.15) is 11.1 Å². The van der Waals surface area contributed by atoms with E-state index in [-0.39, 0.29) is 11.5 Å². The lowest BCUT2D eigenvalue weighted by Crippen LogP contribution is -2.21. The summed E-state index contributed by atoms with van der Waals surface area (Å²) >= 11 is 0. The predicted molar refractivity (Wildman–Crippen MR) is 120 cm³/mol. The van der Waals surface area contributed by atoms with Crippen molar-refractivity contribution >= 4 is 27.3 Å². The van der Waals surface area contributed by atoms with Crippen LogP contribution < -0.4 is 19.5 Å². The fraction of sp³-hybridized carbons (Fsp3) is 0.174. The van der Waals surface area contributed by atoms with Crippen molar-refractivity contribution in [3.05, 3.63) is 77.9 Å². The topological polar surface area (TPSA) is 93.7 Å². The van der Waals surface area contributed by atoms with Crippen LogP contribution in [0.2, 0.25) is 0 Å². The molecule has 3 aromatic rings. The largest absolute Gasteiger partial charge is 0.497 e. The lowest BCUT2D eigenvalue weighted by Gasteiger charge is -2.13. The SMILES string of the molecule is COc1ccc(NS(=O)(=O)c2cc(NC(=O)COc3cccc(C)c3)ccc2C)cc1. The van der Waals surface area contributed by atoms with E-state index in [2.05, 4.69) is 10.0 Å². The van der Waals surface area contributed by atoms with Crippen molar-refractivity contribution in [2.24, 2.45) is 0 Å². The molecule has 8 heteroatoms. The zero-order chi connectivity index (χ0) is 22.4. The first-order chi connectivity index (χ1) is 14.8. The van der Waals surface area contributed by atoms with Gasteiger partial charge in [0, 0.05) is 11.4 Å². The summed E-state index contributed by atoms with van der Waals surface area (Å²) in [6, 6.07) is 18.6. The molecule has 31 heavy (non-hydrogen) atoms. The molecule has 0 aromatic heterocycles. The van der Waals surface area contributed by atoms with Crippen molar-refractivity contribution in [1.82, 2.24) is 0 Å². The van der Waals surface area contributed by atoms with Crippen molar-refractivity contribution in [1.29, 1.82) is 0 Å². The van der Waals surface area contributed by atoms with Crippen molar-refractivity contribution in [2.45, 2.75) is 18.7 Å². The van der Waals surface area contributed by atoms with Crippen molar-refractivity contribution < 1.29 is 22.7 Å². The third kappa shape index (κ3) is 5.99. The highest BCUT2D eigenvalue weighted by Gasteiger charge is 2.18. The predicted octanol–water partition coefficient (Wildman–Crippen LogP) is 4.13. The molecule has 0 fully saturated rings. The molecule has 0 bridgehead atoms. The van der Waals surface area contributed by atoms with Crippen LogP contribution in [-0.2, 0) is 14.8 Å². The minimum atomic E-state index is -3.86. The maximum absolute atomic E-state index is 12.9. The first-order valence-electron chi connectivity index (χ1n) is 9.54. The van der Waals surface area contributed by atoms with Crippen LogP contribution in [0, 0.1) is 13.8 Å². The Morgan fingerprint density at radius 1 is 0.903 bits per heavy atom. The van der Waals surface area contributed by atoms with Crippen LogP contribution >= 0.6 is 0 Å². The fourth-order valence-corrected chi connectivity index (χ4v) is 4.22. The van der Waals surface area contributed by atoms with E-state index in [4.69, 9.17) is 9.47 Å². The maximum Gasteiger partial charge on any atom is 0.262 e. The number of hydrogen-bond donors (Lipinski definition) is 2. The quantitative estimate of drug-likeness (QED) is 0.549. The lowest BCUT2D eigenvalue weighted by molar-refractivity contribution is -0.118. The number of amides is 1. The lowest BCUT2D eigenvalue weighted by atomic mass is 10.2. The molecule has 3 rings (SSSR count). The molecule has 0 unspecified atom stereocenters. The second-order valence-electron chi connectivity index (χ2n) is 6.97. The van der Waals surface area contributed by atoms with Gasteiger partial charge in [-0.25, -0.2) is 8.42 Å². The summed E-state index contributed by atoms with van der Waals surface area (Å²) < 4.78 is 38.9. The molecule has 0 saturated heterocycles. The van der Waals surface area contributed by atoms with E-state index >= 15 is 0 Å². The van der Waals surface area contributed by atoms with Gasteiger partial charge >= 0.3 is 0 Å². The Kier molecular flexibility index (Phi) is 6.81. The second-order valence-corrected chi connectivity index (χ2v) is 8.62. The Morgan fingerprint density at radius 3 is 2.29 bits per heavy atom. The summed E-state index contributed by atoms with van der Waals surface area (Å²) in [7, 11) is -2.32. The van der Waals surface area contributed by atoms with Crippen LogP contribution in [0.4, 0.5) is 11.4 Å². The number of sulfonamides is 1. The number of benzene rings is 3. The van der Waals surface area contributed by atoms with E-state index < -0.39 is 15.9 Å². The van der Waals surface area contributed by atoms with Gasteiger partial charge in [0.25, 0.3) is 15.9 Å². The molecule has 2 N–H and O–H groups in total. The summed E-state index contributed by atoms with van der Waals surface area (Å²) in [4.78, 5) is 12.3. The van der Waals surface area contributed by atoms with Crippen LogP contribution in [0.5, 0.6) is 11.5 Å². The number of ether oxygens (including phenoxy) is 2. The second kappa shape index (κ2) is 9.53. The van der Waals surface area contributed by atoms with E-state index in [0.29, 0.717) is 28.4 Å². The van der Waals surface area contributed by atoms with Gasteiger partial charge in [-0.3, -0.25) is 9.52 Å². The number of hydrogen-bond acceptors (Lipinski definition) is 5. The first-order valence-corrected chi connectivity index (χ1v) is 11.0. The van der Waals surface area contributed by atoms with Crippen LogP contribution in [-0.4, -0.2) is 28.0 Å². The fourth-order valence-electron chi connectivity index (χ4n) is 2.89. The van der Waals surface area contributed by atoms with Gasteiger partial charge in [-0.05, 0) is 73.5 Å². The van der Waals surface area contributed by atoms with Crippen molar-refractivity contribution in [3.63, 3.8) is 0 Å². The molecular weight excluding hydrogens is 416 g/mol. The van der Waals surface area contributed by atoms with E-state index in [9.17, 15) is 13.2 Å². The molecule has 1 amide bonds. The van der Waals surface area contributed by atoms with Gasteiger partial charge in [-0.1, -0.05) is 18.2 Å². The highest BCUT2D eigenvalue weighted by Crippen LogP contribution is 2.24. The van der Waals surface area contributed by atoms with Gasteiger partial charge in [-0.15, -0.1) is 0 Å². The molecule has 0 atom stereocenters. The monoisotopic (exact) mass is 440 g/mol. The highest BCUT2D eigenvalue weighted by atomic mass is 32.2. The van der Waals surface area contributed by atoms with Crippen molar-refractivity contribution in [3.8, 4) is 11.5 Å².